The van der Waals surface area contributed by atoms with Gasteiger partial charge >= 0.3 is 0 Å². The molecule has 0 atom stereocenters. The number of pyridine rings is 1. The molecule has 0 spiro atoms. The summed E-state index contributed by atoms with van der Waals surface area (Å²) in [6, 6.07) is 13.9. The monoisotopic (exact) mass is 413 g/mol. The van der Waals surface area contributed by atoms with E-state index in [-0.39, 0.29) is 6.61 Å². The lowest BCUT2D eigenvalue weighted by molar-refractivity contribution is 0.292. The molecule has 0 radical (unpaired) electrons. The van der Waals surface area contributed by atoms with Crippen molar-refractivity contribution >= 4 is 27.7 Å². The molecule has 0 bridgehead atoms. The number of nitrogens with one attached hydrogen (secondary N) is 2. The molecule has 134 valence electrons. The molecule has 0 aliphatic carbocycles. The fourth-order valence-electron chi connectivity index (χ4n) is 2.41. The molecule has 0 fully saturated rings. The molecule has 0 saturated carbocycles. The second-order valence-electron chi connectivity index (χ2n) is 5.69. The first-order valence-corrected chi connectivity index (χ1v) is 9.16. The van der Waals surface area contributed by atoms with Gasteiger partial charge in [0.15, 0.2) is 0 Å². The Balaban J connectivity index is 1.81. The molecule has 0 saturated heterocycles. The normalized spacial score (nSPS) is 10.5. The Morgan fingerprint density at radius 1 is 1.00 bits per heavy atom. The van der Waals surface area contributed by atoms with Crippen LogP contribution in [0.3, 0.4) is 0 Å². The van der Waals surface area contributed by atoms with Crippen LogP contribution in [0.25, 0.3) is 11.3 Å². The van der Waals surface area contributed by atoms with Gasteiger partial charge in [-0.1, -0.05) is 28.1 Å². The summed E-state index contributed by atoms with van der Waals surface area (Å²) in [5, 5.41) is 15.5. The number of aromatic nitrogens is 3. The number of hydrogen-bond donors (Lipinski definition) is 3. The minimum atomic E-state index is 0.130. The SMILES string of the molecule is OCCCNc1nc(NCc2cccc(Br)c2)cc(-c2ccncc2)n1. The van der Waals surface area contributed by atoms with Crippen LogP contribution in [-0.2, 0) is 6.54 Å². The minimum Gasteiger partial charge on any atom is -0.396 e. The first-order valence-electron chi connectivity index (χ1n) is 8.37. The second-order valence-corrected chi connectivity index (χ2v) is 6.60. The van der Waals surface area contributed by atoms with Crippen LogP contribution in [0.2, 0.25) is 0 Å². The lowest BCUT2D eigenvalue weighted by Gasteiger charge is -2.11. The number of anilines is 2. The molecule has 0 amide bonds. The molecular weight excluding hydrogens is 394 g/mol. The van der Waals surface area contributed by atoms with Crippen LogP contribution in [0.4, 0.5) is 11.8 Å². The van der Waals surface area contributed by atoms with Crippen LogP contribution < -0.4 is 10.6 Å². The highest BCUT2D eigenvalue weighted by atomic mass is 79.9. The summed E-state index contributed by atoms with van der Waals surface area (Å²) in [7, 11) is 0. The van der Waals surface area contributed by atoms with Crippen LogP contribution in [0, 0.1) is 0 Å². The second kappa shape index (κ2) is 9.26. The fraction of sp³-hybridized carbons (Fsp3) is 0.211. The van der Waals surface area contributed by atoms with Crippen molar-refractivity contribution in [2.24, 2.45) is 0 Å². The summed E-state index contributed by atoms with van der Waals surface area (Å²) < 4.78 is 1.04. The molecule has 0 aliphatic heterocycles. The standard InChI is InChI=1S/C19H20BrN5O/c20-16-4-1-3-14(11-16)13-23-18-12-17(15-5-8-21-9-6-15)24-19(25-18)22-7-2-10-26/h1,3-6,8-9,11-12,26H,2,7,10,13H2,(H2,22,23,24,25). The zero-order chi connectivity index (χ0) is 18.2. The number of nitrogens with zero attached hydrogens (tertiary/aromatic N) is 3. The Kier molecular flexibility index (Phi) is 6.51. The van der Waals surface area contributed by atoms with Gasteiger partial charge in [-0.25, -0.2) is 4.98 Å². The molecule has 2 heterocycles. The number of aliphatic hydroxyl groups excluding tert-OH is 1. The number of rotatable bonds is 8. The van der Waals surface area contributed by atoms with E-state index in [0.717, 1.165) is 27.1 Å². The van der Waals surface area contributed by atoms with Gasteiger partial charge in [0, 0.05) is 48.2 Å². The molecular formula is C19H20BrN5O. The van der Waals surface area contributed by atoms with E-state index >= 15 is 0 Å². The lowest BCUT2D eigenvalue weighted by atomic mass is 10.2. The van der Waals surface area contributed by atoms with Crippen molar-refractivity contribution in [2.75, 3.05) is 23.8 Å². The van der Waals surface area contributed by atoms with Gasteiger partial charge in [-0.2, -0.15) is 4.98 Å². The van der Waals surface area contributed by atoms with Crippen molar-refractivity contribution in [3.63, 3.8) is 0 Å². The quantitative estimate of drug-likeness (QED) is 0.488. The highest BCUT2D eigenvalue weighted by molar-refractivity contribution is 9.10. The van der Waals surface area contributed by atoms with Gasteiger partial charge in [-0.15, -0.1) is 0 Å². The maximum absolute atomic E-state index is 8.96. The predicted molar refractivity (Wildman–Crippen MR) is 107 cm³/mol. The molecule has 0 aliphatic rings. The molecule has 3 aromatic rings. The van der Waals surface area contributed by atoms with Gasteiger partial charge in [0.05, 0.1) is 5.69 Å². The largest absolute Gasteiger partial charge is 0.396 e. The molecule has 3 rings (SSSR count). The van der Waals surface area contributed by atoms with Gasteiger partial charge in [0.25, 0.3) is 0 Å². The first kappa shape index (κ1) is 18.3. The van der Waals surface area contributed by atoms with Crippen molar-refractivity contribution in [3.8, 4) is 11.3 Å². The van der Waals surface area contributed by atoms with Crippen LogP contribution >= 0.6 is 15.9 Å². The van der Waals surface area contributed by atoms with Gasteiger partial charge in [0.1, 0.15) is 5.82 Å². The highest BCUT2D eigenvalue weighted by Crippen LogP contribution is 2.21. The molecule has 0 unspecified atom stereocenters. The van der Waals surface area contributed by atoms with E-state index in [0.29, 0.717) is 25.5 Å². The zero-order valence-corrected chi connectivity index (χ0v) is 15.8. The number of hydrogen-bond acceptors (Lipinski definition) is 6. The summed E-state index contributed by atoms with van der Waals surface area (Å²) in [4.78, 5) is 13.1. The zero-order valence-electron chi connectivity index (χ0n) is 14.2. The van der Waals surface area contributed by atoms with E-state index in [1.165, 1.54) is 0 Å². The summed E-state index contributed by atoms with van der Waals surface area (Å²) >= 11 is 3.49. The Morgan fingerprint density at radius 2 is 1.85 bits per heavy atom. The van der Waals surface area contributed by atoms with Crippen LogP contribution in [0.15, 0.2) is 59.3 Å². The van der Waals surface area contributed by atoms with E-state index in [4.69, 9.17) is 5.11 Å². The van der Waals surface area contributed by atoms with E-state index in [9.17, 15) is 0 Å². The third kappa shape index (κ3) is 5.24. The van der Waals surface area contributed by atoms with Gasteiger partial charge < -0.3 is 15.7 Å². The molecule has 2 aromatic heterocycles. The van der Waals surface area contributed by atoms with Gasteiger partial charge in [-0.05, 0) is 36.2 Å². The summed E-state index contributed by atoms with van der Waals surface area (Å²) in [6.07, 6.45) is 4.12. The molecule has 1 aromatic carbocycles. The van der Waals surface area contributed by atoms with Crippen molar-refractivity contribution < 1.29 is 5.11 Å². The Bertz CT molecular complexity index is 844. The van der Waals surface area contributed by atoms with Crippen LogP contribution in [0.5, 0.6) is 0 Å². The number of benzene rings is 1. The topological polar surface area (TPSA) is 83.0 Å². The average molecular weight is 414 g/mol. The average Bonchev–Trinajstić information content (AvgIpc) is 2.67. The van der Waals surface area contributed by atoms with Crippen molar-refractivity contribution in [2.45, 2.75) is 13.0 Å². The van der Waals surface area contributed by atoms with Crippen molar-refractivity contribution in [1.82, 2.24) is 15.0 Å². The van der Waals surface area contributed by atoms with Crippen molar-refractivity contribution in [3.05, 3.63) is 64.9 Å². The molecule has 3 N–H and O–H groups in total. The predicted octanol–water partition coefficient (Wildman–Crippen LogP) is 3.71. The minimum absolute atomic E-state index is 0.130. The molecule has 6 nitrogen and oxygen atoms in total. The first-order chi connectivity index (χ1) is 12.7. The van der Waals surface area contributed by atoms with E-state index in [1.807, 2.05) is 30.3 Å². The van der Waals surface area contributed by atoms with Crippen LogP contribution in [-0.4, -0.2) is 33.2 Å². The third-order valence-electron chi connectivity index (χ3n) is 3.68. The Hall–Kier alpha value is -2.51. The molecule has 7 heteroatoms. The molecule has 26 heavy (non-hydrogen) atoms. The summed E-state index contributed by atoms with van der Waals surface area (Å²) in [5.41, 5.74) is 2.93. The van der Waals surface area contributed by atoms with Gasteiger partial charge in [0.2, 0.25) is 5.95 Å². The Labute approximate surface area is 160 Å². The van der Waals surface area contributed by atoms with Crippen LogP contribution in [0.1, 0.15) is 12.0 Å². The maximum Gasteiger partial charge on any atom is 0.225 e. The van der Waals surface area contributed by atoms with Gasteiger partial charge in [-0.3, -0.25) is 4.98 Å². The maximum atomic E-state index is 8.96. The number of halogens is 1. The fourth-order valence-corrected chi connectivity index (χ4v) is 2.85. The van der Waals surface area contributed by atoms with E-state index in [1.54, 1.807) is 12.4 Å². The lowest BCUT2D eigenvalue weighted by Crippen LogP contribution is -2.10. The van der Waals surface area contributed by atoms with Crippen molar-refractivity contribution in [1.29, 1.82) is 0 Å². The number of aliphatic hydroxyl groups is 1. The third-order valence-corrected chi connectivity index (χ3v) is 4.18. The summed E-state index contributed by atoms with van der Waals surface area (Å²) in [6.45, 7) is 1.40. The van der Waals surface area contributed by atoms with E-state index < -0.39 is 0 Å². The summed E-state index contributed by atoms with van der Waals surface area (Å²) in [5.74, 6) is 1.27. The Morgan fingerprint density at radius 3 is 2.62 bits per heavy atom. The highest BCUT2D eigenvalue weighted by Gasteiger charge is 2.07. The smallest absolute Gasteiger partial charge is 0.225 e. The van der Waals surface area contributed by atoms with E-state index in [2.05, 4.69) is 53.6 Å².